The molecule has 6 aliphatic rings. The zero-order valence-corrected chi connectivity index (χ0v) is 37.5. The average molecular weight is 891 g/mol. The lowest BCUT2D eigenvalue weighted by atomic mass is 9.85. The number of para-hydroxylation sites is 1. The summed E-state index contributed by atoms with van der Waals surface area (Å²) in [5, 5.41) is 5.91. The molecule has 1 aromatic heterocycles. The van der Waals surface area contributed by atoms with E-state index in [0.29, 0.717) is 62.8 Å². The third-order valence-corrected chi connectivity index (χ3v) is 15.3. The van der Waals surface area contributed by atoms with Gasteiger partial charge in [-0.05, 0) is 81.3 Å². The summed E-state index contributed by atoms with van der Waals surface area (Å²) in [7, 11) is -3.92. The molecule has 16 nitrogen and oxygen atoms in total. The summed E-state index contributed by atoms with van der Waals surface area (Å²) in [5.74, 6) is -1.43. The van der Waals surface area contributed by atoms with Crippen molar-refractivity contribution in [1.82, 2.24) is 30.1 Å². The van der Waals surface area contributed by atoms with Gasteiger partial charge in [0.1, 0.15) is 42.2 Å². The fourth-order valence-electron chi connectivity index (χ4n) is 9.52. The van der Waals surface area contributed by atoms with Crippen LogP contribution < -0.4 is 24.8 Å². The highest BCUT2D eigenvalue weighted by atomic mass is 32.2. The van der Waals surface area contributed by atoms with Crippen molar-refractivity contribution in [2.75, 3.05) is 46.0 Å². The van der Waals surface area contributed by atoms with Gasteiger partial charge in [-0.3, -0.25) is 24.0 Å². The normalized spacial score (nSPS) is 29.5. The number of nitrogens with zero attached hydrogens (tertiary/aromatic N) is 3. The summed E-state index contributed by atoms with van der Waals surface area (Å²) < 4.78 is 53.0. The number of carbonyl (C=O) groups excluding carboxylic acids is 4. The fraction of sp³-hybridized carbons (Fsp3) is 0.630. The third-order valence-electron chi connectivity index (χ3n) is 13.5. The fourth-order valence-corrected chi connectivity index (χ4v) is 10.9. The van der Waals surface area contributed by atoms with Crippen LogP contribution in [0.4, 0.5) is 4.79 Å². The summed E-state index contributed by atoms with van der Waals surface area (Å²) in [6.07, 6.45) is 9.64. The summed E-state index contributed by atoms with van der Waals surface area (Å²) in [5.41, 5.74) is -0.998. The Balaban J connectivity index is 1.15. The Morgan fingerprint density at radius 2 is 1.84 bits per heavy atom. The van der Waals surface area contributed by atoms with Gasteiger partial charge in [-0.15, -0.1) is 6.58 Å². The van der Waals surface area contributed by atoms with Gasteiger partial charge in [0.05, 0.1) is 36.1 Å². The molecule has 3 aliphatic heterocycles. The van der Waals surface area contributed by atoms with Gasteiger partial charge < -0.3 is 34.5 Å². The molecule has 5 fully saturated rings. The molecule has 2 aromatic rings. The van der Waals surface area contributed by atoms with Crippen LogP contribution in [0.5, 0.6) is 11.6 Å². The van der Waals surface area contributed by atoms with E-state index in [-0.39, 0.29) is 31.4 Å². The van der Waals surface area contributed by atoms with Crippen molar-refractivity contribution in [1.29, 1.82) is 0 Å². The molecule has 3 aliphatic carbocycles. The lowest BCUT2D eigenvalue weighted by Gasteiger charge is -2.35. The maximum Gasteiger partial charge on any atom is 0.408 e. The second-order valence-electron chi connectivity index (χ2n) is 19.0. The van der Waals surface area contributed by atoms with E-state index in [1.807, 2.05) is 45.0 Å². The second kappa shape index (κ2) is 18.4. The van der Waals surface area contributed by atoms with Crippen molar-refractivity contribution in [3.05, 3.63) is 54.6 Å². The number of sulfonamides is 1. The zero-order valence-electron chi connectivity index (χ0n) is 36.6. The van der Waals surface area contributed by atoms with Gasteiger partial charge in [-0.1, -0.05) is 51.1 Å². The van der Waals surface area contributed by atoms with Gasteiger partial charge in [-0.2, -0.15) is 0 Å². The Bertz CT molecular complexity index is 2220. The Morgan fingerprint density at radius 1 is 1.06 bits per heavy atom. The number of rotatable bonds is 10. The van der Waals surface area contributed by atoms with Crippen LogP contribution in [-0.2, 0) is 40.3 Å². The molecule has 63 heavy (non-hydrogen) atoms. The topological polar surface area (TPSA) is 195 Å². The third kappa shape index (κ3) is 10.00. The van der Waals surface area contributed by atoms with E-state index in [0.717, 1.165) is 56.1 Å². The quantitative estimate of drug-likeness (QED) is 0.289. The Hall–Kier alpha value is -4.74. The molecule has 17 heteroatoms. The minimum atomic E-state index is -3.92. The summed E-state index contributed by atoms with van der Waals surface area (Å²) in [6.45, 7) is 13.4. The maximum absolute atomic E-state index is 14.9. The van der Waals surface area contributed by atoms with Crippen LogP contribution in [0, 0.1) is 17.3 Å². The SMILES string of the molecule is C=C[C@@H]1C[C@]1(NC(=O)[C@@H]1C[C@@H]2CN1C(=O)[C@H](C(C)(C)C)NC(=O)O[C@@H]1CCC[C@H]1CCC=CCc1c(nc3ccccc3c1OCCN1CCOCC1)O2)C(=O)NS(=O)(=O)C1CC1. The number of allylic oxidation sites excluding steroid dienone is 2. The van der Waals surface area contributed by atoms with Crippen molar-refractivity contribution < 1.29 is 46.5 Å². The molecule has 0 radical (unpaired) electrons. The standard InChI is InChI=1S/C46H62N6O10S/c1-5-30-27-46(30,43(55)50-63(57,58)32-18-19-32)49-40(53)36-26-31-28-52(36)42(54)39(45(2,3)4)48-44(56)62-37-17-11-13-29(37)12-7-6-8-15-34-38(60-25-22-51-20-23-59-24-21-51)33-14-9-10-16-35(33)47-41(34)61-31/h5-6,8-10,14,16,29-32,36-37,39H,1,7,11-13,15,17-28H2,2-4H3,(H,48,56)(H,49,53)(H,50,55)/t29-,30-,31-,36+,37-,39-,46-/m1/s1. The minimum absolute atomic E-state index is 0.0104. The van der Waals surface area contributed by atoms with E-state index in [1.165, 1.54) is 11.0 Å². The molecule has 4 heterocycles. The molecule has 2 bridgehead atoms. The van der Waals surface area contributed by atoms with Gasteiger partial charge in [0.25, 0.3) is 5.91 Å². The number of benzene rings is 1. The van der Waals surface area contributed by atoms with Gasteiger partial charge in [0.2, 0.25) is 27.7 Å². The van der Waals surface area contributed by atoms with Crippen molar-refractivity contribution in [2.24, 2.45) is 17.3 Å². The summed E-state index contributed by atoms with van der Waals surface area (Å²) in [6, 6.07) is 5.44. The number of hydrogen-bond donors (Lipinski definition) is 3. The van der Waals surface area contributed by atoms with Crippen molar-refractivity contribution >= 4 is 44.7 Å². The first-order valence-electron chi connectivity index (χ1n) is 22.6. The smallest absolute Gasteiger partial charge is 0.408 e. The van der Waals surface area contributed by atoms with Gasteiger partial charge in [0, 0.05) is 37.4 Å². The largest absolute Gasteiger partial charge is 0.491 e. The highest BCUT2D eigenvalue weighted by molar-refractivity contribution is 7.91. The number of morpholine rings is 1. The van der Waals surface area contributed by atoms with Crippen LogP contribution in [0.2, 0.25) is 0 Å². The first-order valence-corrected chi connectivity index (χ1v) is 24.2. The monoisotopic (exact) mass is 890 g/mol. The van der Waals surface area contributed by atoms with E-state index in [1.54, 1.807) is 0 Å². The molecule has 2 saturated heterocycles. The molecule has 342 valence electrons. The summed E-state index contributed by atoms with van der Waals surface area (Å²) >= 11 is 0. The molecular weight excluding hydrogens is 829 g/mol. The van der Waals surface area contributed by atoms with Crippen LogP contribution in [0.15, 0.2) is 49.1 Å². The molecule has 0 unspecified atom stereocenters. The highest BCUT2D eigenvalue weighted by Crippen LogP contribution is 2.46. The van der Waals surface area contributed by atoms with Crippen LogP contribution >= 0.6 is 0 Å². The summed E-state index contributed by atoms with van der Waals surface area (Å²) in [4.78, 5) is 65.7. The molecule has 3 N–H and O–H groups in total. The van der Waals surface area contributed by atoms with E-state index >= 15 is 0 Å². The van der Waals surface area contributed by atoms with Gasteiger partial charge >= 0.3 is 6.09 Å². The van der Waals surface area contributed by atoms with Crippen molar-refractivity contribution in [3.8, 4) is 11.6 Å². The Labute approximate surface area is 369 Å². The number of fused-ring (bicyclic) bond motifs is 5. The molecule has 3 saturated carbocycles. The zero-order chi connectivity index (χ0) is 44.5. The minimum Gasteiger partial charge on any atom is -0.491 e. The average Bonchev–Trinajstić information content (AvgIpc) is 4.15. The lowest BCUT2D eigenvalue weighted by Crippen LogP contribution is -2.60. The number of ether oxygens (including phenoxy) is 4. The molecule has 1 aromatic carbocycles. The van der Waals surface area contributed by atoms with Crippen LogP contribution in [0.3, 0.4) is 0 Å². The molecule has 0 spiro atoms. The Kier molecular flexibility index (Phi) is 13.1. The maximum atomic E-state index is 14.9. The van der Waals surface area contributed by atoms with E-state index < -0.39 is 74.1 Å². The number of nitrogens with one attached hydrogen (secondary N) is 3. The lowest BCUT2D eigenvalue weighted by molar-refractivity contribution is -0.143. The predicted octanol–water partition coefficient (Wildman–Crippen LogP) is 4.17. The number of hydrogen-bond acceptors (Lipinski definition) is 12. The van der Waals surface area contributed by atoms with E-state index in [9.17, 15) is 27.6 Å². The van der Waals surface area contributed by atoms with Crippen LogP contribution in [0.1, 0.15) is 84.1 Å². The van der Waals surface area contributed by atoms with Gasteiger partial charge in [0.15, 0.2) is 0 Å². The predicted molar refractivity (Wildman–Crippen MR) is 234 cm³/mol. The van der Waals surface area contributed by atoms with Crippen LogP contribution in [-0.4, -0.2) is 128 Å². The van der Waals surface area contributed by atoms with E-state index in [2.05, 4.69) is 39.0 Å². The van der Waals surface area contributed by atoms with Crippen LogP contribution in [0.25, 0.3) is 10.9 Å². The van der Waals surface area contributed by atoms with Gasteiger partial charge in [-0.25, -0.2) is 18.2 Å². The van der Waals surface area contributed by atoms with Crippen molar-refractivity contribution in [3.63, 3.8) is 0 Å². The second-order valence-corrected chi connectivity index (χ2v) is 21.0. The molecule has 4 amide bonds. The molecular formula is C46H62N6O10S. The van der Waals surface area contributed by atoms with E-state index in [4.69, 9.17) is 23.9 Å². The molecule has 8 rings (SSSR count). The first kappa shape index (κ1) is 44.9. The number of carbonyl (C=O) groups is 4. The number of amides is 4. The number of alkyl carbamates (subject to hydrolysis) is 1. The molecule has 7 atom stereocenters. The number of aromatic nitrogens is 1. The Morgan fingerprint density at radius 3 is 2.57 bits per heavy atom. The number of pyridine rings is 1. The highest BCUT2D eigenvalue weighted by Gasteiger charge is 2.62. The van der Waals surface area contributed by atoms with Crippen molar-refractivity contribution in [2.45, 2.75) is 120 Å². The first-order chi connectivity index (χ1) is 30.2.